The highest BCUT2D eigenvalue weighted by molar-refractivity contribution is 8.00. The summed E-state index contributed by atoms with van der Waals surface area (Å²) in [5.41, 5.74) is 6.60. The molecule has 4 amide bonds. The number of amides is 4. The zero-order valence-corrected chi connectivity index (χ0v) is 29.3. The number of aryl methyl sites for hydroxylation is 3. The Balaban J connectivity index is 1.15. The van der Waals surface area contributed by atoms with Crippen molar-refractivity contribution >= 4 is 74.6 Å². The first-order valence-corrected chi connectivity index (χ1v) is 17.7. The average Bonchev–Trinajstić information content (AvgIpc) is 3.60. The smallest absolute Gasteiger partial charge is 0.272 e. The summed E-state index contributed by atoms with van der Waals surface area (Å²) in [6.07, 6.45) is 1.75. The maximum atomic E-state index is 13.9. The number of rotatable bonds is 9. The Kier molecular flexibility index (Phi) is 9.30. The standard InChI is InChI=1S/C42H36N4O4S/c1-4-45-36-16-9-8-15-33(36)34-22-28(18-20-37(34)45)23-35(44-40(48)29-11-6-5-7-12-29)41(49)43-30-13-10-14-32(24-30)51-38-25-39(47)46(42(38)50)31-19-17-26(2)27(3)21-31/h5-24,38H,4,25H2,1-3H3,(H,43,49)(H,44,48). The van der Waals surface area contributed by atoms with Crippen LogP contribution >= 0.6 is 11.8 Å². The minimum atomic E-state index is -0.598. The summed E-state index contributed by atoms with van der Waals surface area (Å²) in [5.74, 6) is -1.43. The minimum Gasteiger partial charge on any atom is -0.341 e. The van der Waals surface area contributed by atoms with Crippen molar-refractivity contribution in [3.63, 3.8) is 0 Å². The lowest BCUT2D eigenvalue weighted by atomic mass is 10.1. The van der Waals surface area contributed by atoms with Crippen LogP contribution in [-0.2, 0) is 20.9 Å². The molecule has 0 radical (unpaired) electrons. The van der Waals surface area contributed by atoms with Gasteiger partial charge in [0.25, 0.3) is 11.8 Å². The van der Waals surface area contributed by atoms with E-state index in [-0.39, 0.29) is 23.9 Å². The van der Waals surface area contributed by atoms with Gasteiger partial charge in [0.1, 0.15) is 5.70 Å². The summed E-state index contributed by atoms with van der Waals surface area (Å²) in [7, 11) is 0. The Bertz CT molecular complexity index is 2380. The number of aromatic nitrogens is 1. The number of hydrogen-bond donors (Lipinski definition) is 2. The van der Waals surface area contributed by atoms with Gasteiger partial charge in [-0.2, -0.15) is 0 Å². The van der Waals surface area contributed by atoms with Crippen LogP contribution in [0, 0.1) is 13.8 Å². The van der Waals surface area contributed by atoms with E-state index in [9.17, 15) is 19.2 Å². The molecule has 1 atom stereocenters. The van der Waals surface area contributed by atoms with Gasteiger partial charge in [-0.1, -0.05) is 54.6 Å². The van der Waals surface area contributed by atoms with E-state index < -0.39 is 17.1 Å². The highest BCUT2D eigenvalue weighted by Gasteiger charge is 2.40. The molecule has 7 rings (SSSR count). The van der Waals surface area contributed by atoms with Crippen LogP contribution in [0.4, 0.5) is 11.4 Å². The Morgan fingerprint density at radius 2 is 1.57 bits per heavy atom. The van der Waals surface area contributed by atoms with Crippen LogP contribution < -0.4 is 15.5 Å². The first kappa shape index (κ1) is 33.6. The summed E-state index contributed by atoms with van der Waals surface area (Å²) in [6, 6.07) is 35.7. The molecule has 1 unspecified atom stereocenters. The second-order valence-corrected chi connectivity index (χ2v) is 13.8. The van der Waals surface area contributed by atoms with Crippen LogP contribution in [0.2, 0.25) is 0 Å². The number of imide groups is 1. The van der Waals surface area contributed by atoms with Crippen molar-refractivity contribution in [3.05, 3.63) is 143 Å². The number of para-hydroxylation sites is 1. The minimum absolute atomic E-state index is 0.0705. The van der Waals surface area contributed by atoms with E-state index in [1.165, 1.54) is 16.7 Å². The molecular formula is C42H36N4O4S. The monoisotopic (exact) mass is 692 g/mol. The zero-order chi connectivity index (χ0) is 35.6. The Morgan fingerprint density at radius 3 is 2.35 bits per heavy atom. The van der Waals surface area contributed by atoms with E-state index >= 15 is 0 Å². The molecular weight excluding hydrogens is 657 g/mol. The third-order valence-corrected chi connectivity index (χ3v) is 10.4. The van der Waals surface area contributed by atoms with Gasteiger partial charge in [0, 0.05) is 50.9 Å². The molecule has 1 aliphatic heterocycles. The molecule has 51 heavy (non-hydrogen) atoms. The summed E-state index contributed by atoms with van der Waals surface area (Å²) in [6.45, 7) is 6.86. The molecule has 8 nitrogen and oxygen atoms in total. The number of anilines is 2. The molecule has 0 bridgehead atoms. The summed E-state index contributed by atoms with van der Waals surface area (Å²) in [5, 5.41) is 7.32. The Morgan fingerprint density at radius 1 is 0.804 bits per heavy atom. The fourth-order valence-electron chi connectivity index (χ4n) is 6.45. The SMILES string of the molecule is CCn1c2ccccc2c2cc(C=C(NC(=O)c3ccccc3)C(=O)Nc3cccc(SC4CC(=O)N(c5ccc(C)c(C)c5)C4=O)c3)ccc21. The largest absolute Gasteiger partial charge is 0.341 e. The molecule has 254 valence electrons. The van der Waals surface area contributed by atoms with Crippen LogP contribution in [0.1, 0.15) is 40.4 Å². The van der Waals surface area contributed by atoms with Gasteiger partial charge in [0.2, 0.25) is 11.8 Å². The lowest BCUT2D eigenvalue weighted by Crippen LogP contribution is -2.31. The fourth-order valence-corrected chi connectivity index (χ4v) is 7.57. The topological polar surface area (TPSA) is 101 Å². The quantitative estimate of drug-likeness (QED) is 0.117. The van der Waals surface area contributed by atoms with Crippen molar-refractivity contribution in [2.45, 2.75) is 43.9 Å². The fraction of sp³-hybridized carbons (Fsp3) is 0.143. The van der Waals surface area contributed by atoms with Gasteiger partial charge in [0.15, 0.2) is 0 Å². The number of carbonyl (C=O) groups excluding carboxylic acids is 4. The lowest BCUT2D eigenvalue weighted by Gasteiger charge is -2.16. The van der Waals surface area contributed by atoms with Crippen LogP contribution in [-0.4, -0.2) is 33.4 Å². The summed E-state index contributed by atoms with van der Waals surface area (Å²) >= 11 is 1.29. The zero-order valence-electron chi connectivity index (χ0n) is 28.5. The van der Waals surface area contributed by atoms with E-state index in [2.05, 4.69) is 34.3 Å². The molecule has 6 aromatic rings. The number of nitrogens with zero attached hydrogens (tertiary/aromatic N) is 2. The molecule has 9 heteroatoms. The van der Waals surface area contributed by atoms with Crippen LogP contribution in [0.15, 0.2) is 126 Å². The van der Waals surface area contributed by atoms with Crippen molar-refractivity contribution < 1.29 is 19.2 Å². The van der Waals surface area contributed by atoms with E-state index in [0.717, 1.165) is 49.9 Å². The maximum absolute atomic E-state index is 13.9. The van der Waals surface area contributed by atoms with Gasteiger partial charge in [-0.05, 0) is 104 Å². The van der Waals surface area contributed by atoms with E-state index in [0.29, 0.717) is 16.9 Å². The number of carbonyl (C=O) groups is 4. The van der Waals surface area contributed by atoms with E-state index in [1.54, 1.807) is 54.6 Å². The predicted molar refractivity (Wildman–Crippen MR) is 205 cm³/mol. The van der Waals surface area contributed by atoms with Gasteiger partial charge in [-0.25, -0.2) is 4.90 Å². The Labute approximate surface area is 300 Å². The molecule has 1 aliphatic rings. The lowest BCUT2D eigenvalue weighted by molar-refractivity contribution is -0.121. The molecule has 5 aromatic carbocycles. The van der Waals surface area contributed by atoms with Crippen molar-refractivity contribution in [2.75, 3.05) is 10.2 Å². The number of fused-ring (bicyclic) bond motifs is 3. The Hall–Kier alpha value is -5.93. The van der Waals surface area contributed by atoms with Crippen molar-refractivity contribution in [2.24, 2.45) is 0 Å². The highest BCUT2D eigenvalue weighted by atomic mass is 32.2. The maximum Gasteiger partial charge on any atom is 0.272 e. The van der Waals surface area contributed by atoms with Gasteiger partial charge < -0.3 is 15.2 Å². The molecule has 1 saturated heterocycles. The molecule has 0 spiro atoms. The first-order valence-electron chi connectivity index (χ1n) is 16.8. The third-order valence-electron chi connectivity index (χ3n) is 9.18. The molecule has 2 N–H and O–H groups in total. The van der Waals surface area contributed by atoms with Crippen molar-refractivity contribution in [1.29, 1.82) is 0 Å². The number of benzene rings is 5. The van der Waals surface area contributed by atoms with Gasteiger partial charge in [0.05, 0.1) is 10.9 Å². The summed E-state index contributed by atoms with van der Waals surface area (Å²) in [4.78, 5) is 55.5. The predicted octanol–water partition coefficient (Wildman–Crippen LogP) is 8.27. The number of hydrogen-bond acceptors (Lipinski definition) is 5. The van der Waals surface area contributed by atoms with E-state index in [4.69, 9.17) is 0 Å². The van der Waals surface area contributed by atoms with Gasteiger partial charge >= 0.3 is 0 Å². The van der Waals surface area contributed by atoms with Gasteiger partial charge in [-0.3, -0.25) is 19.2 Å². The highest BCUT2D eigenvalue weighted by Crippen LogP contribution is 2.36. The van der Waals surface area contributed by atoms with E-state index in [1.807, 2.05) is 68.4 Å². The molecule has 1 fully saturated rings. The van der Waals surface area contributed by atoms with Crippen molar-refractivity contribution in [1.82, 2.24) is 9.88 Å². The van der Waals surface area contributed by atoms with Crippen LogP contribution in [0.3, 0.4) is 0 Å². The average molecular weight is 693 g/mol. The number of thioether (sulfide) groups is 1. The van der Waals surface area contributed by atoms with Gasteiger partial charge in [-0.15, -0.1) is 11.8 Å². The second-order valence-electron chi connectivity index (χ2n) is 12.5. The molecule has 0 aliphatic carbocycles. The summed E-state index contributed by atoms with van der Waals surface area (Å²) < 4.78 is 2.25. The second kappa shape index (κ2) is 14.1. The first-order chi connectivity index (χ1) is 24.7. The van der Waals surface area contributed by atoms with Crippen LogP contribution in [0.5, 0.6) is 0 Å². The third kappa shape index (κ3) is 6.80. The number of nitrogens with one attached hydrogen (secondary N) is 2. The van der Waals surface area contributed by atoms with Crippen molar-refractivity contribution in [3.8, 4) is 0 Å². The normalized spacial score (nSPS) is 14.8. The van der Waals surface area contributed by atoms with Crippen LogP contribution in [0.25, 0.3) is 27.9 Å². The molecule has 1 aromatic heterocycles. The molecule has 2 heterocycles. The molecule has 0 saturated carbocycles.